The third-order valence-corrected chi connectivity index (χ3v) is 9.98. The van der Waals surface area contributed by atoms with E-state index in [1.807, 2.05) is 23.7 Å². The van der Waals surface area contributed by atoms with E-state index in [4.69, 9.17) is 32.9 Å². The third kappa shape index (κ3) is 7.42. The van der Waals surface area contributed by atoms with E-state index in [1.165, 1.54) is 0 Å². The maximum atomic E-state index is 13.5. The van der Waals surface area contributed by atoms with E-state index in [0.717, 1.165) is 42.9 Å². The molecule has 0 aliphatic carbocycles. The van der Waals surface area contributed by atoms with E-state index in [-0.39, 0.29) is 23.4 Å². The molecule has 1 fully saturated rings. The number of aromatic nitrogens is 4. The number of ether oxygens (including phenoxy) is 1. The molecule has 2 aliphatic heterocycles. The summed E-state index contributed by atoms with van der Waals surface area (Å²) in [6.45, 7) is 3.45. The van der Waals surface area contributed by atoms with Crippen LogP contribution in [0.2, 0.25) is 10.0 Å². The highest BCUT2D eigenvalue weighted by Crippen LogP contribution is 2.40. The number of carboxylic acid groups (broad SMARTS) is 1. The summed E-state index contributed by atoms with van der Waals surface area (Å²) in [5.74, 6) is -0.866. The van der Waals surface area contributed by atoms with Gasteiger partial charge in [-0.25, -0.2) is 9.97 Å². The molecule has 0 unspecified atom stereocenters. The summed E-state index contributed by atoms with van der Waals surface area (Å²) < 4.78 is 20.2. The SMILES string of the molecule is COc1nc(-c2ccnc(-c3cccc(NC(=O)c4nc5c(n4C)CCN(CCCF)C5)c3Cl)c2Cl)ccc1CN1CCC[C@@H](C(=O)O)C1. The number of carboxylic acids is 1. The van der Waals surface area contributed by atoms with Crippen molar-refractivity contribution in [3.8, 4) is 28.4 Å². The van der Waals surface area contributed by atoms with Gasteiger partial charge in [-0.15, -0.1) is 0 Å². The van der Waals surface area contributed by atoms with Crippen LogP contribution in [0.25, 0.3) is 22.5 Å². The summed E-state index contributed by atoms with van der Waals surface area (Å²) in [5, 5.41) is 13.0. The van der Waals surface area contributed by atoms with Crippen LogP contribution >= 0.6 is 23.2 Å². The quantitative estimate of drug-likeness (QED) is 0.189. The lowest BCUT2D eigenvalue weighted by molar-refractivity contribution is -0.143. The zero-order valence-electron chi connectivity index (χ0n) is 27.4. The van der Waals surface area contributed by atoms with Crippen molar-refractivity contribution in [1.82, 2.24) is 29.3 Å². The first kappa shape index (κ1) is 34.8. The zero-order valence-corrected chi connectivity index (χ0v) is 28.9. The van der Waals surface area contributed by atoms with Crippen LogP contribution in [0.4, 0.5) is 10.1 Å². The number of likely N-dealkylation sites (tertiary alicyclic amines) is 1. The molecular weight excluding hydrogens is 672 g/mol. The molecule has 0 spiro atoms. The molecule has 49 heavy (non-hydrogen) atoms. The largest absolute Gasteiger partial charge is 0.481 e. The smallest absolute Gasteiger partial charge is 0.307 e. The summed E-state index contributed by atoms with van der Waals surface area (Å²) in [5.41, 5.74) is 5.16. The first-order valence-corrected chi connectivity index (χ1v) is 17.0. The molecule has 0 radical (unpaired) electrons. The summed E-state index contributed by atoms with van der Waals surface area (Å²) in [6.07, 6.45) is 4.32. The molecule has 2 N–H and O–H groups in total. The number of hydrogen-bond donors (Lipinski definition) is 2. The number of alkyl halides is 1. The van der Waals surface area contributed by atoms with E-state index in [1.54, 1.807) is 37.6 Å². The first-order valence-electron chi connectivity index (χ1n) is 16.3. The Morgan fingerprint density at radius 2 is 1.92 bits per heavy atom. The highest BCUT2D eigenvalue weighted by Gasteiger charge is 2.28. The minimum atomic E-state index is -0.771. The van der Waals surface area contributed by atoms with Gasteiger partial charge in [-0.3, -0.25) is 28.8 Å². The third-order valence-electron chi connectivity index (χ3n) is 9.19. The number of methoxy groups -OCH3 is 1. The summed E-state index contributed by atoms with van der Waals surface area (Å²) in [7, 11) is 3.37. The number of anilines is 1. The predicted octanol–water partition coefficient (Wildman–Crippen LogP) is 6.13. The second-order valence-electron chi connectivity index (χ2n) is 12.4. The second-order valence-corrected chi connectivity index (χ2v) is 13.1. The molecule has 5 heterocycles. The van der Waals surface area contributed by atoms with Crippen molar-refractivity contribution < 1.29 is 23.8 Å². The van der Waals surface area contributed by atoms with Crippen molar-refractivity contribution in [1.29, 1.82) is 0 Å². The Morgan fingerprint density at radius 1 is 1.08 bits per heavy atom. The number of hydrogen-bond acceptors (Lipinski definition) is 8. The Bertz CT molecular complexity index is 1870. The number of carbonyl (C=O) groups is 2. The van der Waals surface area contributed by atoms with Crippen molar-refractivity contribution in [3.05, 3.63) is 75.4 Å². The number of nitrogens with zero attached hydrogens (tertiary/aromatic N) is 6. The normalized spacial score (nSPS) is 16.7. The van der Waals surface area contributed by atoms with Gasteiger partial charge in [0.05, 0.1) is 52.5 Å². The standard InChI is InChI=1S/C35H38Cl2FN7O4/c1-43-28-12-17-44(16-5-13-38)20-27(28)40-32(43)33(46)41-26-8-3-7-24(29(26)36)31-30(37)23(11-14-39-31)25-10-9-21(34(42-25)49-2)18-45-15-4-6-22(19-45)35(47)48/h3,7-11,14,22H,4-6,12-13,15-20H2,1-2H3,(H,41,46)(H,47,48)/t22-/m1/s1. The van der Waals surface area contributed by atoms with E-state index in [2.05, 4.69) is 25.1 Å². The highest BCUT2D eigenvalue weighted by molar-refractivity contribution is 6.39. The van der Waals surface area contributed by atoms with Crippen molar-refractivity contribution >= 4 is 40.8 Å². The lowest BCUT2D eigenvalue weighted by Gasteiger charge is -2.30. The van der Waals surface area contributed by atoms with Gasteiger partial charge in [-0.2, -0.15) is 0 Å². The number of halogens is 3. The predicted molar refractivity (Wildman–Crippen MR) is 186 cm³/mol. The Labute approximate surface area is 294 Å². The number of amides is 1. The Hall–Kier alpha value is -4.10. The van der Waals surface area contributed by atoms with Crippen molar-refractivity contribution in [3.63, 3.8) is 0 Å². The molecule has 3 aromatic heterocycles. The van der Waals surface area contributed by atoms with Crippen LogP contribution in [0, 0.1) is 5.92 Å². The van der Waals surface area contributed by atoms with Crippen LogP contribution < -0.4 is 10.1 Å². The molecule has 1 aromatic carbocycles. The van der Waals surface area contributed by atoms with Crippen LogP contribution in [-0.2, 0) is 31.4 Å². The zero-order chi connectivity index (χ0) is 34.7. The van der Waals surface area contributed by atoms with Gasteiger partial charge < -0.3 is 19.7 Å². The van der Waals surface area contributed by atoms with E-state index < -0.39 is 11.9 Å². The lowest BCUT2D eigenvalue weighted by Crippen LogP contribution is -2.38. The maximum Gasteiger partial charge on any atom is 0.307 e. The minimum absolute atomic E-state index is 0.265. The number of carbonyl (C=O) groups excluding carboxylic acids is 1. The van der Waals surface area contributed by atoms with Crippen LogP contribution in [-0.4, -0.2) is 86.3 Å². The van der Waals surface area contributed by atoms with Crippen LogP contribution in [0.5, 0.6) is 5.88 Å². The average Bonchev–Trinajstić information content (AvgIpc) is 3.44. The molecule has 1 saturated heterocycles. The number of benzene rings is 1. The van der Waals surface area contributed by atoms with Crippen molar-refractivity contribution in [2.45, 2.75) is 38.8 Å². The first-order chi connectivity index (χ1) is 23.7. The van der Waals surface area contributed by atoms with Gasteiger partial charge in [-0.05, 0) is 44.0 Å². The van der Waals surface area contributed by atoms with Gasteiger partial charge in [0.1, 0.15) is 0 Å². The number of aliphatic carboxylic acids is 1. The molecule has 11 nitrogen and oxygen atoms in total. The molecule has 0 saturated carbocycles. The number of piperidine rings is 1. The van der Waals surface area contributed by atoms with Crippen LogP contribution in [0.15, 0.2) is 42.6 Å². The number of fused-ring (bicyclic) bond motifs is 1. The number of imidazole rings is 1. The Morgan fingerprint density at radius 3 is 2.69 bits per heavy atom. The Kier molecular flexibility index (Phi) is 10.8. The lowest BCUT2D eigenvalue weighted by atomic mass is 9.98. The van der Waals surface area contributed by atoms with Gasteiger partial charge >= 0.3 is 5.97 Å². The fourth-order valence-corrected chi connectivity index (χ4v) is 7.21. The van der Waals surface area contributed by atoms with Gasteiger partial charge in [-0.1, -0.05) is 41.4 Å². The average molecular weight is 711 g/mol. The van der Waals surface area contributed by atoms with Crippen molar-refractivity contribution in [2.24, 2.45) is 13.0 Å². The molecule has 1 atom stereocenters. The number of pyridine rings is 2. The molecule has 4 aromatic rings. The summed E-state index contributed by atoms with van der Waals surface area (Å²) in [6, 6.07) is 10.8. The monoisotopic (exact) mass is 709 g/mol. The number of nitrogens with one attached hydrogen (secondary N) is 1. The molecule has 14 heteroatoms. The molecule has 6 rings (SSSR count). The molecule has 2 aliphatic rings. The van der Waals surface area contributed by atoms with E-state index in [0.29, 0.717) is 78.1 Å². The van der Waals surface area contributed by atoms with Gasteiger partial charge in [0.15, 0.2) is 5.82 Å². The Balaban J connectivity index is 1.22. The second kappa shape index (κ2) is 15.2. The minimum Gasteiger partial charge on any atom is -0.481 e. The van der Waals surface area contributed by atoms with Crippen LogP contribution in [0.1, 0.15) is 46.8 Å². The molecule has 1 amide bonds. The van der Waals surface area contributed by atoms with Gasteiger partial charge in [0.2, 0.25) is 5.88 Å². The molecular formula is C35H38Cl2FN7O4. The molecule has 0 bridgehead atoms. The van der Waals surface area contributed by atoms with Crippen molar-refractivity contribution in [2.75, 3.05) is 45.3 Å². The molecule has 258 valence electrons. The van der Waals surface area contributed by atoms with E-state index >= 15 is 0 Å². The van der Waals surface area contributed by atoms with Gasteiger partial charge in [0.25, 0.3) is 5.91 Å². The van der Waals surface area contributed by atoms with Gasteiger partial charge in [0, 0.05) is 74.8 Å². The fraction of sp³-hybridized carbons (Fsp3) is 0.400. The summed E-state index contributed by atoms with van der Waals surface area (Å²) >= 11 is 13.9. The summed E-state index contributed by atoms with van der Waals surface area (Å²) in [4.78, 5) is 43.2. The topological polar surface area (TPSA) is 126 Å². The fourth-order valence-electron chi connectivity index (χ4n) is 6.64. The maximum absolute atomic E-state index is 13.5. The van der Waals surface area contributed by atoms with E-state index in [9.17, 15) is 19.1 Å². The van der Waals surface area contributed by atoms with Crippen LogP contribution in [0.3, 0.4) is 0 Å². The highest BCUT2D eigenvalue weighted by atomic mass is 35.5. The number of rotatable bonds is 11.